The fourth-order valence-electron chi connectivity index (χ4n) is 3.95. The first-order valence-electron chi connectivity index (χ1n) is 9.08. The minimum absolute atomic E-state index is 0. The molecule has 0 radical (unpaired) electrons. The summed E-state index contributed by atoms with van der Waals surface area (Å²) in [6.07, 6.45) is 6.06. The molecule has 1 aliphatic carbocycles. The Morgan fingerprint density at radius 1 is 1.31 bits per heavy atom. The monoisotopic (exact) mass is 391 g/mol. The summed E-state index contributed by atoms with van der Waals surface area (Å²) >= 11 is 1.59. The zero-order valence-corrected chi connectivity index (χ0v) is 16.9. The van der Waals surface area contributed by atoms with E-state index in [2.05, 4.69) is 47.7 Å². The molecule has 1 atom stereocenters. The van der Waals surface area contributed by atoms with E-state index < -0.39 is 0 Å². The molecule has 2 aromatic rings. The minimum atomic E-state index is 0. The van der Waals surface area contributed by atoms with E-state index in [1.54, 1.807) is 11.3 Å². The van der Waals surface area contributed by atoms with Gasteiger partial charge >= 0.3 is 0 Å². The van der Waals surface area contributed by atoms with E-state index in [4.69, 9.17) is 0 Å². The first-order chi connectivity index (χ1) is 12.1. The Morgan fingerprint density at radius 3 is 2.81 bits per heavy atom. The van der Waals surface area contributed by atoms with Gasteiger partial charge in [-0.2, -0.15) is 0 Å². The number of aromatic nitrogens is 1. The molecule has 1 amide bonds. The fraction of sp³-hybridized carbons (Fsp3) is 0.500. The molecule has 6 heteroatoms. The van der Waals surface area contributed by atoms with Gasteiger partial charge in [0.05, 0.1) is 0 Å². The first kappa shape index (κ1) is 19.3. The summed E-state index contributed by atoms with van der Waals surface area (Å²) in [5, 5.41) is 7.17. The van der Waals surface area contributed by atoms with Crippen molar-refractivity contribution in [3.05, 3.63) is 46.0 Å². The third kappa shape index (κ3) is 3.95. The van der Waals surface area contributed by atoms with Crippen molar-refractivity contribution in [3.8, 4) is 0 Å². The molecule has 1 unspecified atom stereocenters. The zero-order valence-electron chi connectivity index (χ0n) is 15.3. The second-order valence-electron chi connectivity index (χ2n) is 7.59. The summed E-state index contributed by atoms with van der Waals surface area (Å²) in [6.45, 7) is 6.36. The van der Waals surface area contributed by atoms with Crippen LogP contribution in [-0.4, -0.2) is 24.0 Å². The van der Waals surface area contributed by atoms with Gasteiger partial charge in [0.25, 0.3) is 0 Å². The molecular formula is C20H26ClN3OS. The SMILES string of the molecule is Cc1ccc(Cc2cnc(NC(=O)C3CC34CCNCC4)s2)cc1C.Cl. The molecule has 1 saturated heterocycles. The van der Waals surface area contributed by atoms with Crippen molar-refractivity contribution in [1.82, 2.24) is 10.3 Å². The van der Waals surface area contributed by atoms with Crippen LogP contribution in [0, 0.1) is 25.2 Å². The van der Waals surface area contributed by atoms with Crippen LogP contribution in [0.2, 0.25) is 0 Å². The molecule has 1 spiro atoms. The van der Waals surface area contributed by atoms with Gasteiger partial charge in [-0.1, -0.05) is 18.2 Å². The molecule has 1 saturated carbocycles. The number of hydrogen-bond donors (Lipinski definition) is 2. The van der Waals surface area contributed by atoms with Crippen LogP contribution in [0.15, 0.2) is 24.4 Å². The molecule has 1 aromatic heterocycles. The van der Waals surface area contributed by atoms with Gasteiger partial charge in [-0.15, -0.1) is 23.7 Å². The van der Waals surface area contributed by atoms with Crippen LogP contribution < -0.4 is 10.6 Å². The molecule has 1 aromatic carbocycles. The number of rotatable bonds is 4. The highest BCUT2D eigenvalue weighted by molar-refractivity contribution is 7.15. The summed E-state index contributed by atoms with van der Waals surface area (Å²) in [5.41, 5.74) is 4.20. The average molecular weight is 392 g/mol. The number of halogens is 1. The predicted octanol–water partition coefficient (Wildman–Crippen LogP) is 4.10. The molecule has 2 aliphatic rings. The van der Waals surface area contributed by atoms with Crippen LogP contribution in [0.1, 0.15) is 40.8 Å². The summed E-state index contributed by atoms with van der Waals surface area (Å²) in [7, 11) is 0. The highest BCUT2D eigenvalue weighted by Gasteiger charge is 2.57. The fourth-order valence-corrected chi connectivity index (χ4v) is 4.80. The van der Waals surface area contributed by atoms with Crippen LogP contribution in [0.25, 0.3) is 0 Å². The molecule has 1 aliphatic heterocycles. The van der Waals surface area contributed by atoms with Gasteiger partial charge in [-0.25, -0.2) is 4.98 Å². The quantitative estimate of drug-likeness (QED) is 0.824. The number of thiazole rings is 1. The summed E-state index contributed by atoms with van der Waals surface area (Å²) in [5.74, 6) is 0.343. The van der Waals surface area contributed by atoms with E-state index in [9.17, 15) is 4.79 Å². The van der Waals surface area contributed by atoms with Crippen molar-refractivity contribution in [3.63, 3.8) is 0 Å². The molecule has 2 fully saturated rings. The number of piperidine rings is 1. The van der Waals surface area contributed by atoms with E-state index in [-0.39, 0.29) is 29.6 Å². The van der Waals surface area contributed by atoms with Gasteiger partial charge in [-0.3, -0.25) is 4.79 Å². The number of carbonyl (C=O) groups is 1. The van der Waals surface area contributed by atoms with Crippen LogP contribution >= 0.6 is 23.7 Å². The van der Waals surface area contributed by atoms with Gasteiger partial charge in [0.1, 0.15) is 0 Å². The van der Waals surface area contributed by atoms with Crippen molar-refractivity contribution in [2.45, 2.75) is 39.5 Å². The first-order valence-corrected chi connectivity index (χ1v) is 9.90. The Hall–Kier alpha value is -1.43. The molecule has 140 valence electrons. The highest BCUT2D eigenvalue weighted by atomic mass is 35.5. The minimum Gasteiger partial charge on any atom is -0.317 e. The molecule has 4 nitrogen and oxygen atoms in total. The van der Waals surface area contributed by atoms with Gasteiger partial charge in [0.2, 0.25) is 5.91 Å². The number of aryl methyl sites for hydroxylation is 2. The second-order valence-corrected chi connectivity index (χ2v) is 8.70. The van der Waals surface area contributed by atoms with E-state index >= 15 is 0 Å². The van der Waals surface area contributed by atoms with Crippen molar-refractivity contribution in [2.75, 3.05) is 18.4 Å². The smallest absolute Gasteiger partial charge is 0.229 e. The van der Waals surface area contributed by atoms with Gasteiger partial charge in [-0.05, 0) is 68.3 Å². The maximum absolute atomic E-state index is 12.5. The van der Waals surface area contributed by atoms with Crippen molar-refractivity contribution in [2.24, 2.45) is 11.3 Å². The number of benzene rings is 1. The van der Waals surface area contributed by atoms with Gasteiger partial charge < -0.3 is 10.6 Å². The van der Waals surface area contributed by atoms with E-state index in [1.807, 2.05) is 6.20 Å². The number of nitrogens with zero attached hydrogens (tertiary/aromatic N) is 1. The van der Waals surface area contributed by atoms with Crippen molar-refractivity contribution < 1.29 is 4.79 Å². The number of anilines is 1. The normalized spacial score (nSPS) is 20.5. The van der Waals surface area contributed by atoms with Crippen LogP contribution in [-0.2, 0) is 11.2 Å². The van der Waals surface area contributed by atoms with E-state index in [0.29, 0.717) is 0 Å². The van der Waals surface area contributed by atoms with Crippen molar-refractivity contribution >= 4 is 34.8 Å². The standard InChI is InChI=1S/C20H25N3OS.ClH/c1-13-3-4-15(9-14(13)2)10-16-12-22-19(25-16)23-18(24)17-11-20(17)5-7-21-8-6-20;/h3-4,9,12,17,21H,5-8,10-11H2,1-2H3,(H,22,23,24);1H. The summed E-state index contributed by atoms with van der Waals surface area (Å²) in [6, 6.07) is 6.57. The Bertz CT molecular complexity index is 798. The van der Waals surface area contributed by atoms with Gasteiger partial charge in [0.15, 0.2) is 5.13 Å². The molecule has 4 rings (SSSR count). The van der Waals surface area contributed by atoms with E-state index in [1.165, 1.54) is 21.6 Å². The number of nitrogens with one attached hydrogen (secondary N) is 2. The molecule has 0 bridgehead atoms. The van der Waals surface area contributed by atoms with Crippen molar-refractivity contribution in [1.29, 1.82) is 0 Å². The Balaban J connectivity index is 0.00000196. The molecule has 2 N–H and O–H groups in total. The van der Waals surface area contributed by atoms with Crippen LogP contribution in [0.3, 0.4) is 0 Å². The zero-order chi connectivity index (χ0) is 17.4. The molecular weight excluding hydrogens is 366 g/mol. The highest BCUT2D eigenvalue weighted by Crippen LogP contribution is 2.58. The van der Waals surface area contributed by atoms with Crippen LogP contribution in [0.4, 0.5) is 5.13 Å². The Morgan fingerprint density at radius 2 is 2.08 bits per heavy atom. The van der Waals surface area contributed by atoms with E-state index in [0.717, 1.165) is 43.9 Å². The molecule has 2 heterocycles. The third-order valence-electron chi connectivity index (χ3n) is 5.84. The van der Waals surface area contributed by atoms with Gasteiger partial charge in [0, 0.05) is 23.4 Å². The topological polar surface area (TPSA) is 54.0 Å². The number of carbonyl (C=O) groups excluding carboxylic acids is 1. The lowest BCUT2D eigenvalue weighted by Crippen LogP contribution is -2.31. The lowest BCUT2D eigenvalue weighted by atomic mass is 9.92. The predicted molar refractivity (Wildman–Crippen MR) is 109 cm³/mol. The molecule has 26 heavy (non-hydrogen) atoms. The third-order valence-corrected chi connectivity index (χ3v) is 6.75. The maximum atomic E-state index is 12.5. The maximum Gasteiger partial charge on any atom is 0.229 e. The van der Waals surface area contributed by atoms with Crippen LogP contribution in [0.5, 0.6) is 0 Å². The Kier molecular flexibility index (Phi) is 5.70. The largest absolute Gasteiger partial charge is 0.317 e. The number of hydrogen-bond acceptors (Lipinski definition) is 4. The second kappa shape index (κ2) is 7.67. The summed E-state index contributed by atoms with van der Waals surface area (Å²) in [4.78, 5) is 18.1. The Labute approximate surface area is 165 Å². The number of amides is 1. The lowest BCUT2D eigenvalue weighted by Gasteiger charge is -2.22. The summed E-state index contributed by atoms with van der Waals surface area (Å²) < 4.78 is 0. The average Bonchev–Trinajstić information content (AvgIpc) is 3.10. The lowest BCUT2D eigenvalue weighted by molar-refractivity contribution is -0.118.